The second-order valence-corrected chi connectivity index (χ2v) is 9.69. The van der Waals surface area contributed by atoms with Gasteiger partial charge in [-0.15, -0.1) is 0 Å². The average molecular weight is 419 g/mol. The van der Waals surface area contributed by atoms with E-state index >= 15 is 0 Å². The Balaban J connectivity index is 1.89. The van der Waals surface area contributed by atoms with Gasteiger partial charge in [0.15, 0.2) is 0 Å². The fourth-order valence-electron chi connectivity index (χ4n) is 3.47. The summed E-state index contributed by atoms with van der Waals surface area (Å²) < 4.78 is 33.8. The van der Waals surface area contributed by atoms with Crippen molar-refractivity contribution in [2.24, 2.45) is 11.8 Å². The molecule has 2 saturated heterocycles. The quantitative estimate of drug-likeness (QED) is 0.662. The first-order chi connectivity index (χ1) is 13.3. The molecule has 1 atom stereocenters. The van der Waals surface area contributed by atoms with Gasteiger partial charge in [-0.3, -0.25) is 4.79 Å². The number of rotatable bonds is 7. The number of piperidine rings is 1. The molecule has 0 radical (unpaired) electrons. The molecule has 10 heteroatoms. The molecule has 0 aromatic carbocycles. The Morgan fingerprint density at radius 2 is 1.79 bits per heavy atom. The number of hydrogen-bond acceptors (Lipinski definition) is 5. The summed E-state index contributed by atoms with van der Waals surface area (Å²) in [6.07, 6.45) is 1.88. The van der Waals surface area contributed by atoms with Crippen LogP contribution in [0.15, 0.2) is 0 Å². The largest absolute Gasteiger partial charge is 0.450 e. The predicted molar refractivity (Wildman–Crippen MR) is 106 cm³/mol. The number of amides is 2. The molecule has 0 aliphatic carbocycles. The van der Waals surface area contributed by atoms with Gasteiger partial charge in [-0.25, -0.2) is 4.79 Å². The Kier molecular flexibility index (Phi) is 8.51. The van der Waals surface area contributed by atoms with Gasteiger partial charge < -0.3 is 15.0 Å². The first kappa shape index (κ1) is 22.9. The van der Waals surface area contributed by atoms with E-state index in [1.165, 1.54) is 13.5 Å². The van der Waals surface area contributed by atoms with Crippen molar-refractivity contribution in [3.05, 3.63) is 0 Å². The molecule has 162 valence electrons. The number of nitrogens with zero attached hydrogens (tertiary/aromatic N) is 3. The Morgan fingerprint density at radius 1 is 1.11 bits per heavy atom. The monoisotopic (exact) mass is 418 g/mol. The molecule has 2 rings (SSSR count). The summed E-state index contributed by atoms with van der Waals surface area (Å²) in [6, 6.07) is 0. The first-order valence-electron chi connectivity index (χ1n) is 10.2. The van der Waals surface area contributed by atoms with Gasteiger partial charge in [-0.1, -0.05) is 13.8 Å². The molecule has 0 bridgehead atoms. The Hall–Kier alpha value is -1.39. The van der Waals surface area contributed by atoms with Gasteiger partial charge in [0.05, 0.1) is 12.5 Å². The van der Waals surface area contributed by atoms with Crippen LogP contribution in [0.2, 0.25) is 0 Å². The van der Waals surface area contributed by atoms with E-state index in [0.29, 0.717) is 51.5 Å². The van der Waals surface area contributed by atoms with E-state index in [4.69, 9.17) is 4.74 Å². The van der Waals surface area contributed by atoms with Crippen LogP contribution in [0.1, 0.15) is 40.0 Å². The molecule has 0 aromatic heterocycles. The summed E-state index contributed by atoms with van der Waals surface area (Å²) in [5, 5.41) is 2.93. The second kappa shape index (κ2) is 10.4. The van der Waals surface area contributed by atoms with Gasteiger partial charge in [0.1, 0.15) is 0 Å². The topological polar surface area (TPSA) is 99.3 Å². The van der Waals surface area contributed by atoms with Crippen molar-refractivity contribution in [3.8, 4) is 0 Å². The van der Waals surface area contributed by atoms with Crippen LogP contribution in [0.25, 0.3) is 0 Å². The molecule has 2 amide bonds. The minimum atomic E-state index is -3.64. The van der Waals surface area contributed by atoms with E-state index in [1.807, 2.05) is 0 Å². The molecule has 1 N–H and O–H groups in total. The van der Waals surface area contributed by atoms with Crippen LogP contribution in [0.5, 0.6) is 0 Å². The summed E-state index contributed by atoms with van der Waals surface area (Å²) in [4.78, 5) is 25.7. The number of carbonyl (C=O) groups excluding carboxylic acids is 2. The third-order valence-corrected chi connectivity index (χ3v) is 7.20. The maximum atomic E-state index is 13.0. The zero-order valence-corrected chi connectivity index (χ0v) is 18.0. The van der Waals surface area contributed by atoms with Gasteiger partial charge >= 0.3 is 6.09 Å². The van der Waals surface area contributed by atoms with Crippen LogP contribution in [0, 0.1) is 11.8 Å². The maximum Gasteiger partial charge on any atom is 0.409 e. The lowest BCUT2D eigenvalue weighted by molar-refractivity contribution is -0.126. The summed E-state index contributed by atoms with van der Waals surface area (Å²) in [7, 11) is -3.64. The molecule has 0 aromatic rings. The van der Waals surface area contributed by atoms with Crippen molar-refractivity contribution in [3.63, 3.8) is 0 Å². The van der Waals surface area contributed by atoms with Gasteiger partial charge in [0.2, 0.25) is 5.91 Å². The number of nitrogens with one attached hydrogen (secondary N) is 1. The molecule has 0 saturated carbocycles. The lowest BCUT2D eigenvalue weighted by atomic mass is 9.98. The smallest absolute Gasteiger partial charge is 0.409 e. The van der Waals surface area contributed by atoms with Gasteiger partial charge in [-0.2, -0.15) is 17.0 Å². The molecule has 2 aliphatic rings. The lowest BCUT2D eigenvalue weighted by Gasteiger charge is -2.38. The highest BCUT2D eigenvalue weighted by Gasteiger charge is 2.37. The molecular formula is C18H34N4O5S. The SMILES string of the molecule is CCOC(=O)N1CCN(S(=O)(=O)N2CCC[C@@H](C(=O)NCCC(C)C)C2)CC1. The van der Waals surface area contributed by atoms with Crippen LogP contribution in [-0.2, 0) is 19.7 Å². The summed E-state index contributed by atoms with van der Waals surface area (Å²) in [5.41, 5.74) is 0. The third kappa shape index (κ3) is 6.05. The number of piperazine rings is 1. The van der Waals surface area contributed by atoms with Crippen LogP contribution >= 0.6 is 0 Å². The highest BCUT2D eigenvalue weighted by atomic mass is 32.2. The van der Waals surface area contributed by atoms with Crippen molar-refractivity contribution < 1.29 is 22.7 Å². The van der Waals surface area contributed by atoms with Crippen LogP contribution < -0.4 is 5.32 Å². The van der Waals surface area contributed by atoms with E-state index in [0.717, 1.165) is 6.42 Å². The number of carbonyl (C=O) groups is 2. The predicted octanol–water partition coefficient (Wildman–Crippen LogP) is 0.880. The zero-order chi connectivity index (χ0) is 20.7. The van der Waals surface area contributed by atoms with E-state index in [9.17, 15) is 18.0 Å². The fourth-order valence-corrected chi connectivity index (χ4v) is 5.15. The minimum absolute atomic E-state index is 0.0623. The van der Waals surface area contributed by atoms with Crippen LogP contribution in [0.3, 0.4) is 0 Å². The third-order valence-electron chi connectivity index (χ3n) is 5.19. The standard InChI is InChI=1S/C18H34N4O5S/c1-4-27-18(24)20-10-12-21(13-11-20)28(25,26)22-9-5-6-16(14-22)17(23)19-8-7-15(2)3/h15-16H,4-14H2,1-3H3,(H,19,23)/t16-/m1/s1. The van der Waals surface area contributed by atoms with Gasteiger partial charge in [0, 0.05) is 45.8 Å². The highest BCUT2D eigenvalue weighted by molar-refractivity contribution is 7.86. The second-order valence-electron chi connectivity index (χ2n) is 7.76. The molecule has 0 spiro atoms. The summed E-state index contributed by atoms with van der Waals surface area (Å²) in [5.74, 6) is 0.140. The Bertz CT molecular complexity index is 632. The van der Waals surface area contributed by atoms with Crippen molar-refractivity contribution in [2.75, 3.05) is 52.4 Å². The zero-order valence-electron chi connectivity index (χ0n) is 17.2. The maximum absolute atomic E-state index is 13.0. The summed E-state index contributed by atoms with van der Waals surface area (Å²) in [6.45, 7) is 8.60. The fraction of sp³-hybridized carbons (Fsp3) is 0.889. The molecule has 9 nitrogen and oxygen atoms in total. The first-order valence-corrected chi connectivity index (χ1v) is 11.6. The van der Waals surface area contributed by atoms with Gasteiger partial charge in [-0.05, 0) is 32.1 Å². The molecule has 0 unspecified atom stereocenters. The average Bonchev–Trinajstić information content (AvgIpc) is 2.68. The normalized spacial score (nSPS) is 22.3. The molecule has 2 fully saturated rings. The summed E-state index contributed by atoms with van der Waals surface area (Å²) >= 11 is 0. The number of hydrogen-bond donors (Lipinski definition) is 1. The molecule has 28 heavy (non-hydrogen) atoms. The van der Waals surface area contributed by atoms with Crippen molar-refractivity contribution in [1.82, 2.24) is 18.8 Å². The highest BCUT2D eigenvalue weighted by Crippen LogP contribution is 2.22. The van der Waals surface area contributed by atoms with E-state index in [2.05, 4.69) is 19.2 Å². The van der Waals surface area contributed by atoms with Crippen molar-refractivity contribution in [1.29, 1.82) is 0 Å². The molecular weight excluding hydrogens is 384 g/mol. The minimum Gasteiger partial charge on any atom is -0.450 e. The number of ether oxygens (including phenoxy) is 1. The van der Waals surface area contributed by atoms with E-state index < -0.39 is 16.3 Å². The van der Waals surface area contributed by atoms with Crippen molar-refractivity contribution in [2.45, 2.75) is 40.0 Å². The Labute approximate surface area is 168 Å². The van der Waals surface area contributed by atoms with E-state index in [-0.39, 0.29) is 31.5 Å². The van der Waals surface area contributed by atoms with Crippen LogP contribution in [0.4, 0.5) is 4.79 Å². The van der Waals surface area contributed by atoms with Gasteiger partial charge in [0.25, 0.3) is 10.2 Å². The Morgan fingerprint density at radius 3 is 2.39 bits per heavy atom. The lowest BCUT2D eigenvalue weighted by Crippen LogP contribution is -2.56. The molecule has 2 heterocycles. The van der Waals surface area contributed by atoms with Crippen LogP contribution in [-0.4, -0.2) is 86.3 Å². The molecule has 2 aliphatic heterocycles. The van der Waals surface area contributed by atoms with E-state index in [1.54, 1.807) is 6.92 Å². The van der Waals surface area contributed by atoms with Crippen molar-refractivity contribution >= 4 is 22.2 Å².